The third-order valence-corrected chi connectivity index (χ3v) is 4.44. The molecular weight excluding hydrogens is 272 g/mol. The summed E-state index contributed by atoms with van der Waals surface area (Å²) in [5.74, 6) is 0.652. The van der Waals surface area contributed by atoms with Gasteiger partial charge in [-0.1, -0.05) is 38.3 Å². The summed E-state index contributed by atoms with van der Waals surface area (Å²) in [6.07, 6.45) is 5.20. The minimum Gasteiger partial charge on any atom is -0.397 e. The number of hydrogen-bond acceptors (Lipinski definition) is 2. The minimum absolute atomic E-state index is 0.130. The van der Waals surface area contributed by atoms with E-state index in [2.05, 4.69) is 19.2 Å². The zero-order valence-corrected chi connectivity index (χ0v) is 13.0. The van der Waals surface area contributed by atoms with E-state index in [0.717, 1.165) is 37.8 Å². The standard InChI is InChI=1S/C16H23ClN2O/c1-11(2)10-16(7-3-4-8-16)15(20)19-12-5-6-13(17)14(18)9-12/h5-6,9,11H,3-4,7-8,10,18H2,1-2H3,(H,19,20). The lowest BCUT2D eigenvalue weighted by molar-refractivity contribution is -0.126. The third kappa shape index (κ3) is 3.26. The number of benzene rings is 1. The first-order chi connectivity index (χ1) is 9.43. The smallest absolute Gasteiger partial charge is 0.230 e. The first-order valence-electron chi connectivity index (χ1n) is 7.29. The van der Waals surface area contributed by atoms with Crippen molar-refractivity contribution in [2.75, 3.05) is 11.1 Å². The van der Waals surface area contributed by atoms with Crippen LogP contribution in [0.15, 0.2) is 18.2 Å². The number of halogens is 1. The molecule has 0 radical (unpaired) electrons. The zero-order valence-electron chi connectivity index (χ0n) is 12.2. The second kappa shape index (κ2) is 6.04. The lowest BCUT2D eigenvalue weighted by Gasteiger charge is -2.29. The predicted molar refractivity (Wildman–Crippen MR) is 84.9 cm³/mol. The Kier molecular flexibility index (Phi) is 4.59. The van der Waals surface area contributed by atoms with E-state index in [0.29, 0.717) is 16.6 Å². The van der Waals surface area contributed by atoms with Crippen molar-refractivity contribution < 1.29 is 4.79 Å². The number of amides is 1. The Hall–Kier alpha value is -1.22. The number of nitrogen functional groups attached to an aromatic ring is 1. The van der Waals surface area contributed by atoms with Crippen LogP contribution in [0.25, 0.3) is 0 Å². The van der Waals surface area contributed by atoms with E-state index in [1.165, 1.54) is 0 Å². The molecule has 1 aromatic carbocycles. The highest BCUT2D eigenvalue weighted by Gasteiger charge is 2.41. The van der Waals surface area contributed by atoms with Gasteiger partial charge in [0.05, 0.1) is 10.7 Å². The summed E-state index contributed by atoms with van der Waals surface area (Å²) in [4.78, 5) is 12.7. The molecule has 0 aromatic heterocycles. The molecule has 0 spiro atoms. The summed E-state index contributed by atoms with van der Waals surface area (Å²) in [6, 6.07) is 5.24. The fraction of sp³-hybridized carbons (Fsp3) is 0.562. The number of carbonyl (C=O) groups is 1. The van der Waals surface area contributed by atoms with Crippen LogP contribution in [0.1, 0.15) is 46.0 Å². The molecule has 0 atom stereocenters. The highest BCUT2D eigenvalue weighted by atomic mass is 35.5. The highest BCUT2D eigenvalue weighted by Crippen LogP contribution is 2.44. The van der Waals surface area contributed by atoms with E-state index in [9.17, 15) is 4.79 Å². The molecule has 0 heterocycles. The zero-order chi connectivity index (χ0) is 14.8. The average Bonchev–Trinajstić information content (AvgIpc) is 2.83. The summed E-state index contributed by atoms with van der Waals surface area (Å²) >= 11 is 5.90. The van der Waals surface area contributed by atoms with Crippen LogP contribution in [0.3, 0.4) is 0 Å². The average molecular weight is 295 g/mol. The quantitative estimate of drug-likeness (QED) is 0.805. The Morgan fingerprint density at radius 2 is 2.05 bits per heavy atom. The van der Waals surface area contributed by atoms with Gasteiger partial charge in [0.2, 0.25) is 5.91 Å². The molecule has 0 unspecified atom stereocenters. The molecule has 3 nitrogen and oxygen atoms in total. The molecule has 1 amide bonds. The van der Waals surface area contributed by atoms with E-state index in [1.54, 1.807) is 18.2 Å². The summed E-state index contributed by atoms with van der Waals surface area (Å²) in [5.41, 5.74) is 6.80. The Balaban J connectivity index is 2.14. The molecule has 0 aliphatic heterocycles. The number of hydrogen-bond donors (Lipinski definition) is 2. The molecule has 110 valence electrons. The van der Waals surface area contributed by atoms with Crippen LogP contribution < -0.4 is 11.1 Å². The lowest BCUT2D eigenvalue weighted by Crippen LogP contribution is -2.35. The fourth-order valence-electron chi connectivity index (χ4n) is 3.24. The number of nitrogens with two attached hydrogens (primary N) is 1. The molecule has 1 aromatic rings. The fourth-order valence-corrected chi connectivity index (χ4v) is 3.36. The normalized spacial score (nSPS) is 17.4. The Labute approximate surface area is 125 Å². The van der Waals surface area contributed by atoms with Crippen molar-refractivity contribution >= 4 is 28.9 Å². The first-order valence-corrected chi connectivity index (χ1v) is 7.67. The topological polar surface area (TPSA) is 55.1 Å². The number of nitrogens with one attached hydrogen (secondary N) is 1. The van der Waals surface area contributed by atoms with Gasteiger partial charge in [-0.05, 0) is 43.4 Å². The Morgan fingerprint density at radius 3 is 2.60 bits per heavy atom. The van der Waals surface area contributed by atoms with Gasteiger partial charge in [0.25, 0.3) is 0 Å². The van der Waals surface area contributed by atoms with Gasteiger partial charge >= 0.3 is 0 Å². The van der Waals surface area contributed by atoms with Crippen LogP contribution in [0, 0.1) is 11.3 Å². The van der Waals surface area contributed by atoms with E-state index in [-0.39, 0.29) is 11.3 Å². The molecular formula is C16H23ClN2O. The molecule has 2 rings (SSSR count). The van der Waals surface area contributed by atoms with Gasteiger partial charge in [0.1, 0.15) is 0 Å². The van der Waals surface area contributed by atoms with Crippen molar-refractivity contribution in [1.29, 1.82) is 0 Å². The summed E-state index contributed by atoms with van der Waals surface area (Å²) in [5, 5.41) is 3.54. The Morgan fingerprint density at radius 1 is 1.40 bits per heavy atom. The van der Waals surface area contributed by atoms with Gasteiger partial charge in [-0.25, -0.2) is 0 Å². The van der Waals surface area contributed by atoms with Crippen molar-refractivity contribution in [3.05, 3.63) is 23.2 Å². The van der Waals surface area contributed by atoms with Crippen LogP contribution in [0.2, 0.25) is 5.02 Å². The minimum atomic E-state index is -0.206. The first kappa shape index (κ1) is 15.2. The van der Waals surface area contributed by atoms with Crippen LogP contribution in [0.4, 0.5) is 11.4 Å². The van der Waals surface area contributed by atoms with E-state index >= 15 is 0 Å². The number of anilines is 2. The molecule has 3 N–H and O–H groups in total. The maximum atomic E-state index is 12.7. The van der Waals surface area contributed by atoms with Gasteiger partial charge in [0, 0.05) is 11.1 Å². The maximum Gasteiger partial charge on any atom is 0.230 e. The largest absolute Gasteiger partial charge is 0.397 e. The van der Waals surface area contributed by atoms with E-state index in [1.807, 2.05) is 0 Å². The monoisotopic (exact) mass is 294 g/mol. The predicted octanol–water partition coefficient (Wildman–Crippen LogP) is 4.47. The van der Waals surface area contributed by atoms with Gasteiger partial charge in [-0.2, -0.15) is 0 Å². The molecule has 1 aliphatic carbocycles. The van der Waals surface area contributed by atoms with Gasteiger partial charge in [-0.15, -0.1) is 0 Å². The molecule has 1 aliphatic rings. The van der Waals surface area contributed by atoms with Crippen molar-refractivity contribution in [3.63, 3.8) is 0 Å². The van der Waals surface area contributed by atoms with Crippen molar-refractivity contribution in [3.8, 4) is 0 Å². The molecule has 20 heavy (non-hydrogen) atoms. The lowest BCUT2D eigenvalue weighted by atomic mass is 9.77. The second-order valence-corrected chi connectivity index (χ2v) is 6.68. The molecule has 1 fully saturated rings. The van der Waals surface area contributed by atoms with E-state index in [4.69, 9.17) is 17.3 Å². The molecule has 0 saturated heterocycles. The highest BCUT2D eigenvalue weighted by molar-refractivity contribution is 6.33. The summed E-state index contributed by atoms with van der Waals surface area (Å²) in [7, 11) is 0. The van der Waals surface area contributed by atoms with Crippen LogP contribution in [-0.4, -0.2) is 5.91 Å². The third-order valence-electron chi connectivity index (χ3n) is 4.10. The van der Waals surface area contributed by atoms with Crippen molar-refractivity contribution in [2.24, 2.45) is 11.3 Å². The van der Waals surface area contributed by atoms with E-state index < -0.39 is 0 Å². The second-order valence-electron chi connectivity index (χ2n) is 6.28. The van der Waals surface area contributed by atoms with Crippen LogP contribution in [-0.2, 0) is 4.79 Å². The van der Waals surface area contributed by atoms with Crippen molar-refractivity contribution in [1.82, 2.24) is 0 Å². The SMILES string of the molecule is CC(C)CC1(C(=O)Nc2ccc(Cl)c(N)c2)CCCC1. The molecule has 0 bridgehead atoms. The van der Waals surface area contributed by atoms with Crippen molar-refractivity contribution in [2.45, 2.75) is 46.0 Å². The summed E-state index contributed by atoms with van der Waals surface area (Å²) < 4.78 is 0. The van der Waals surface area contributed by atoms with Gasteiger partial charge in [0.15, 0.2) is 0 Å². The number of rotatable bonds is 4. The van der Waals surface area contributed by atoms with Gasteiger partial charge < -0.3 is 11.1 Å². The maximum absolute atomic E-state index is 12.7. The van der Waals surface area contributed by atoms with Gasteiger partial charge in [-0.3, -0.25) is 4.79 Å². The van der Waals surface area contributed by atoms with Crippen LogP contribution in [0.5, 0.6) is 0 Å². The molecule has 4 heteroatoms. The Bertz CT molecular complexity index is 493. The van der Waals surface area contributed by atoms with Crippen LogP contribution >= 0.6 is 11.6 Å². The molecule has 1 saturated carbocycles. The number of carbonyl (C=O) groups excluding carboxylic acids is 1. The summed E-state index contributed by atoms with van der Waals surface area (Å²) in [6.45, 7) is 4.35.